The third-order valence-electron chi connectivity index (χ3n) is 3.12. The Balaban J connectivity index is 1.60. The fourth-order valence-corrected chi connectivity index (χ4v) is 2.05. The minimum atomic E-state index is 0.671. The first kappa shape index (κ1) is 15.4. The molecule has 1 aromatic carbocycles. The lowest BCUT2D eigenvalue weighted by molar-refractivity contribution is 0.295. The van der Waals surface area contributed by atoms with E-state index in [1.807, 2.05) is 12.1 Å². The van der Waals surface area contributed by atoms with Gasteiger partial charge in [-0.25, -0.2) is 9.97 Å². The summed E-state index contributed by atoms with van der Waals surface area (Å²) in [4.78, 5) is 8.35. The highest BCUT2D eigenvalue weighted by Crippen LogP contribution is 2.08. The van der Waals surface area contributed by atoms with Gasteiger partial charge in [-0.3, -0.25) is 0 Å². The van der Waals surface area contributed by atoms with Crippen molar-refractivity contribution in [2.24, 2.45) is 0 Å². The van der Waals surface area contributed by atoms with Crippen molar-refractivity contribution in [3.63, 3.8) is 0 Å². The first-order valence-electron chi connectivity index (χ1n) is 7.57. The number of ether oxygens (including phenoxy) is 1. The molecule has 1 heterocycles. The molecule has 0 bridgehead atoms. The Hall–Kier alpha value is -1.94. The van der Waals surface area contributed by atoms with E-state index in [1.165, 1.54) is 5.56 Å². The molecule has 0 radical (unpaired) electrons. The molecule has 2 rings (SSSR count). The SMILES string of the molecule is CCCc1cc(OCCCNCc2ccccc2)ncn1. The Morgan fingerprint density at radius 3 is 2.81 bits per heavy atom. The van der Waals surface area contributed by atoms with Crippen molar-refractivity contribution in [3.05, 3.63) is 54.0 Å². The van der Waals surface area contributed by atoms with Crippen LogP contribution >= 0.6 is 0 Å². The van der Waals surface area contributed by atoms with Crippen molar-refractivity contribution in [2.45, 2.75) is 32.7 Å². The van der Waals surface area contributed by atoms with Crippen LogP contribution in [0.15, 0.2) is 42.7 Å². The van der Waals surface area contributed by atoms with Crippen molar-refractivity contribution in [3.8, 4) is 5.88 Å². The molecule has 0 saturated carbocycles. The third-order valence-corrected chi connectivity index (χ3v) is 3.12. The molecule has 0 aliphatic rings. The number of hydrogen-bond donors (Lipinski definition) is 1. The zero-order chi connectivity index (χ0) is 14.8. The van der Waals surface area contributed by atoms with Crippen LogP contribution in [-0.4, -0.2) is 23.1 Å². The Labute approximate surface area is 126 Å². The highest BCUT2D eigenvalue weighted by molar-refractivity contribution is 5.14. The quantitative estimate of drug-likeness (QED) is 0.720. The molecule has 112 valence electrons. The molecule has 0 aliphatic heterocycles. The van der Waals surface area contributed by atoms with Crippen LogP contribution in [0.4, 0.5) is 0 Å². The van der Waals surface area contributed by atoms with Crippen molar-refractivity contribution in [1.29, 1.82) is 0 Å². The maximum absolute atomic E-state index is 5.65. The summed E-state index contributed by atoms with van der Waals surface area (Å²) in [6.45, 7) is 4.64. The molecule has 0 amide bonds. The summed E-state index contributed by atoms with van der Waals surface area (Å²) >= 11 is 0. The van der Waals surface area contributed by atoms with Crippen LogP contribution in [0.1, 0.15) is 31.0 Å². The number of aryl methyl sites for hydroxylation is 1. The first-order valence-corrected chi connectivity index (χ1v) is 7.57. The van der Waals surface area contributed by atoms with E-state index in [9.17, 15) is 0 Å². The number of aromatic nitrogens is 2. The van der Waals surface area contributed by atoms with Gasteiger partial charge in [0.05, 0.1) is 6.61 Å². The van der Waals surface area contributed by atoms with Crippen LogP contribution in [0.25, 0.3) is 0 Å². The lowest BCUT2D eigenvalue weighted by Gasteiger charge is -2.07. The molecule has 0 fully saturated rings. The highest BCUT2D eigenvalue weighted by Gasteiger charge is 1.99. The van der Waals surface area contributed by atoms with Crippen molar-refractivity contribution >= 4 is 0 Å². The molecule has 0 unspecified atom stereocenters. The summed E-state index contributed by atoms with van der Waals surface area (Å²) in [7, 11) is 0. The van der Waals surface area contributed by atoms with Gasteiger partial charge < -0.3 is 10.1 Å². The summed E-state index contributed by atoms with van der Waals surface area (Å²) in [5.41, 5.74) is 2.35. The molecule has 0 saturated heterocycles. The number of nitrogens with zero attached hydrogens (tertiary/aromatic N) is 2. The minimum Gasteiger partial charge on any atom is -0.478 e. The van der Waals surface area contributed by atoms with Gasteiger partial charge in [0.25, 0.3) is 0 Å². The van der Waals surface area contributed by atoms with E-state index in [-0.39, 0.29) is 0 Å². The molecule has 0 atom stereocenters. The molecule has 4 heteroatoms. The van der Waals surface area contributed by atoms with Gasteiger partial charge in [0.1, 0.15) is 6.33 Å². The Kier molecular flexibility index (Phi) is 6.68. The van der Waals surface area contributed by atoms with Gasteiger partial charge in [0.2, 0.25) is 5.88 Å². The van der Waals surface area contributed by atoms with Crippen molar-refractivity contribution in [2.75, 3.05) is 13.2 Å². The van der Waals surface area contributed by atoms with Gasteiger partial charge in [0.15, 0.2) is 0 Å². The lowest BCUT2D eigenvalue weighted by atomic mass is 10.2. The smallest absolute Gasteiger partial charge is 0.216 e. The second kappa shape index (κ2) is 9.08. The van der Waals surface area contributed by atoms with Gasteiger partial charge in [-0.15, -0.1) is 0 Å². The summed E-state index contributed by atoms with van der Waals surface area (Å²) < 4.78 is 5.65. The second-order valence-electron chi connectivity index (χ2n) is 4.96. The second-order valence-corrected chi connectivity index (χ2v) is 4.96. The first-order chi connectivity index (χ1) is 10.4. The van der Waals surface area contributed by atoms with Crippen LogP contribution in [0.5, 0.6) is 5.88 Å². The summed E-state index contributed by atoms with van der Waals surface area (Å²) in [6, 6.07) is 12.3. The molecule has 4 nitrogen and oxygen atoms in total. The number of rotatable bonds is 9. The predicted molar refractivity (Wildman–Crippen MR) is 84.3 cm³/mol. The largest absolute Gasteiger partial charge is 0.478 e. The van der Waals surface area contributed by atoms with Crippen LogP contribution in [0.2, 0.25) is 0 Å². The molecule has 2 aromatic rings. The standard InChI is InChI=1S/C17H23N3O/c1-2-7-16-12-17(20-14-19-16)21-11-6-10-18-13-15-8-4-3-5-9-15/h3-5,8-9,12,14,18H,2,6-7,10-11,13H2,1H3. The van der Waals surface area contributed by atoms with Crippen LogP contribution < -0.4 is 10.1 Å². The minimum absolute atomic E-state index is 0.671. The number of benzene rings is 1. The van der Waals surface area contributed by atoms with Gasteiger partial charge in [-0.05, 0) is 24.9 Å². The Morgan fingerprint density at radius 1 is 1.14 bits per heavy atom. The van der Waals surface area contributed by atoms with Gasteiger partial charge in [-0.1, -0.05) is 43.7 Å². The Bertz CT molecular complexity index is 516. The van der Waals surface area contributed by atoms with E-state index >= 15 is 0 Å². The van der Waals surface area contributed by atoms with Crippen LogP contribution in [0, 0.1) is 0 Å². The van der Waals surface area contributed by atoms with Crippen LogP contribution in [0.3, 0.4) is 0 Å². The van der Waals surface area contributed by atoms with E-state index < -0.39 is 0 Å². The summed E-state index contributed by atoms with van der Waals surface area (Å²) in [5, 5.41) is 3.41. The van der Waals surface area contributed by atoms with Gasteiger partial charge in [0, 0.05) is 18.3 Å². The maximum Gasteiger partial charge on any atom is 0.216 e. The van der Waals surface area contributed by atoms with E-state index in [4.69, 9.17) is 4.74 Å². The molecule has 21 heavy (non-hydrogen) atoms. The zero-order valence-electron chi connectivity index (χ0n) is 12.6. The highest BCUT2D eigenvalue weighted by atomic mass is 16.5. The molecule has 0 aliphatic carbocycles. The fourth-order valence-electron chi connectivity index (χ4n) is 2.05. The van der Waals surface area contributed by atoms with E-state index in [1.54, 1.807) is 6.33 Å². The van der Waals surface area contributed by atoms with Crippen molar-refractivity contribution < 1.29 is 4.74 Å². The number of hydrogen-bond acceptors (Lipinski definition) is 4. The Morgan fingerprint density at radius 2 is 2.00 bits per heavy atom. The third kappa shape index (κ3) is 5.92. The molecular formula is C17H23N3O. The molecule has 0 spiro atoms. The molecular weight excluding hydrogens is 262 g/mol. The topological polar surface area (TPSA) is 47.0 Å². The maximum atomic E-state index is 5.65. The molecule has 1 N–H and O–H groups in total. The summed E-state index contributed by atoms with van der Waals surface area (Å²) in [5.74, 6) is 0.677. The summed E-state index contributed by atoms with van der Waals surface area (Å²) in [6.07, 6.45) is 4.59. The lowest BCUT2D eigenvalue weighted by Crippen LogP contribution is -2.17. The zero-order valence-corrected chi connectivity index (χ0v) is 12.6. The van der Waals surface area contributed by atoms with Crippen molar-refractivity contribution in [1.82, 2.24) is 15.3 Å². The van der Waals surface area contributed by atoms with Gasteiger partial charge >= 0.3 is 0 Å². The van der Waals surface area contributed by atoms with Gasteiger partial charge in [-0.2, -0.15) is 0 Å². The van der Waals surface area contributed by atoms with Crippen LogP contribution in [-0.2, 0) is 13.0 Å². The average molecular weight is 285 g/mol. The average Bonchev–Trinajstić information content (AvgIpc) is 2.52. The fraction of sp³-hybridized carbons (Fsp3) is 0.412. The van der Waals surface area contributed by atoms with E-state index in [0.717, 1.165) is 38.0 Å². The predicted octanol–water partition coefficient (Wildman–Crippen LogP) is 2.99. The van der Waals surface area contributed by atoms with E-state index in [0.29, 0.717) is 12.5 Å². The number of nitrogens with one attached hydrogen (secondary N) is 1. The van der Waals surface area contributed by atoms with E-state index in [2.05, 4.69) is 46.5 Å². The normalized spacial score (nSPS) is 10.5. The molecule has 1 aromatic heterocycles. The monoisotopic (exact) mass is 285 g/mol.